The Kier molecular flexibility index (Phi) is 6.55. The average molecular weight is 278 g/mol. The van der Waals surface area contributed by atoms with Gasteiger partial charge in [0.25, 0.3) is 0 Å². The van der Waals surface area contributed by atoms with E-state index in [1.807, 2.05) is 13.8 Å². The zero-order valence-electron chi connectivity index (χ0n) is 11.7. The number of hydrogen-bond acceptors (Lipinski definition) is 4. The number of sulfonamides is 1. The molecule has 0 bridgehead atoms. The van der Waals surface area contributed by atoms with E-state index < -0.39 is 10.0 Å². The van der Waals surface area contributed by atoms with Crippen LogP contribution in [0.3, 0.4) is 0 Å². The van der Waals surface area contributed by atoms with Crippen LogP contribution in [0.4, 0.5) is 0 Å². The van der Waals surface area contributed by atoms with Gasteiger partial charge >= 0.3 is 0 Å². The molecule has 1 rings (SSSR count). The highest BCUT2D eigenvalue weighted by Gasteiger charge is 2.25. The number of hydrogen-bond donors (Lipinski definition) is 1. The minimum absolute atomic E-state index is 0.0125. The molecule has 0 amide bonds. The van der Waals surface area contributed by atoms with E-state index in [0.717, 1.165) is 6.54 Å². The Morgan fingerprint density at radius 3 is 2.56 bits per heavy atom. The Hall–Kier alpha value is -0.170. The second-order valence-corrected chi connectivity index (χ2v) is 7.14. The van der Waals surface area contributed by atoms with Crippen LogP contribution in [0.15, 0.2) is 0 Å². The summed E-state index contributed by atoms with van der Waals surface area (Å²) in [5.74, 6) is 0.217. The van der Waals surface area contributed by atoms with E-state index >= 15 is 0 Å². The SMILES string of the molecule is COCCN(C(C)C)S(=O)(=O)CCCNC1CC1. The van der Waals surface area contributed by atoms with Crippen molar-refractivity contribution >= 4 is 10.0 Å². The second kappa shape index (κ2) is 7.43. The lowest BCUT2D eigenvalue weighted by atomic mass is 10.4. The number of ether oxygens (including phenoxy) is 1. The van der Waals surface area contributed by atoms with E-state index in [2.05, 4.69) is 5.32 Å². The fourth-order valence-electron chi connectivity index (χ4n) is 1.87. The zero-order chi connectivity index (χ0) is 13.6. The standard InChI is InChI=1S/C12H26N2O3S/c1-11(2)14(8-9-17-3)18(15,16)10-4-7-13-12-5-6-12/h11-13H,4-10H2,1-3H3. The van der Waals surface area contributed by atoms with Crippen molar-refractivity contribution in [2.24, 2.45) is 0 Å². The third kappa shape index (κ3) is 5.65. The Labute approximate surface area is 111 Å². The maximum atomic E-state index is 12.2. The van der Waals surface area contributed by atoms with Crippen molar-refractivity contribution in [2.45, 2.75) is 45.2 Å². The summed E-state index contributed by atoms with van der Waals surface area (Å²) < 4.78 is 30.9. The second-order valence-electron chi connectivity index (χ2n) is 5.10. The minimum atomic E-state index is -3.16. The predicted octanol–water partition coefficient (Wildman–Crippen LogP) is 0.815. The van der Waals surface area contributed by atoms with Gasteiger partial charge in [0, 0.05) is 25.7 Å². The van der Waals surface area contributed by atoms with Gasteiger partial charge in [0.15, 0.2) is 0 Å². The van der Waals surface area contributed by atoms with Gasteiger partial charge in [0.05, 0.1) is 12.4 Å². The minimum Gasteiger partial charge on any atom is -0.383 e. The summed E-state index contributed by atoms with van der Waals surface area (Å²) >= 11 is 0. The number of methoxy groups -OCH3 is 1. The highest BCUT2D eigenvalue weighted by atomic mass is 32.2. The summed E-state index contributed by atoms with van der Waals surface area (Å²) in [5, 5.41) is 3.33. The normalized spacial score (nSPS) is 16.7. The molecule has 18 heavy (non-hydrogen) atoms. The molecule has 0 aromatic rings. The Bertz CT molecular complexity index is 326. The molecular formula is C12H26N2O3S. The molecule has 0 aliphatic heterocycles. The molecule has 0 heterocycles. The number of nitrogens with zero attached hydrogens (tertiary/aromatic N) is 1. The summed E-state index contributed by atoms with van der Waals surface area (Å²) in [4.78, 5) is 0. The molecule has 1 saturated carbocycles. The van der Waals surface area contributed by atoms with Crippen molar-refractivity contribution in [3.8, 4) is 0 Å². The van der Waals surface area contributed by atoms with Gasteiger partial charge in [-0.25, -0.2) is 8.42 Å². The predicted molar refractivity (Wildman–Crippen MR) is 73.1 cm³/mol. The Balaban J connectivity index is 2.35. The molecule has 5 nitrogen and oxygen atoms in total. The number of nitrogens with one attached hydrogen (secondary N) is 1. The fraction of sp³-hybridized carbons (Fsp3) is 1.00. The molecular weight excluding hydrogens is 252 g/mol. The zero-order valence-corrected chi connectivity index (χ0v) is 12.5. The summed E-state index contributed by atoms with van der Waals surface area (Å²) in [5.41, 5.74) is 0. The van der Waals surface area contributed by atoms with Crippen LogP contribution in [0.25, 0.3) is 0 Å². The van der Waals surface area contributed by atoms with Crippen LogP contribution in [0, 0.1) is 0 Å². The Morgan fingerprint density at radius 1 is 1.39 bits per heavy atom. The topological polar surface area (TPSA) is 58.6 Å². The highest BCUT2D eigenvalue weighted by Crippen LogP contribution is 2.18. The van der Waals surface area contributed by atoms with Crippen LogP contribution < -0.4 is 5.32 Å². The van der Waals surface area contributed by atoms with Crippen molar-refractivity contribution < 1.29 is 13.2 Å². The molecule has 1 aliphatic rings. The quantitative estimate of drug-likeness (QED) is 0.601. The van der Waals surface area contributed by atoms with E-state index in [9.17, 15) is 8.42 Å². The van der Waals surface area contributed by atoms with Gasteiger partial charge in [-0.1, -0.05) is 0 Å². The van der Waals surface area contributed by atoms with Crippen LogP contribution in [0.2, 0.25) is 0 Å². The molecule has 0 atom stereocenters. The van der Waals surface area contributed by atoms with E-state index in [-0.39, 0.29) is 11.8 Å². The first-order valence-corrected chi connectivity index (χ1v) is 8.30. The molecule has 1 aliphatic carbocycles. The summed E-state index contributed by atoms with van der Waals surface area (Å²) in [6.45, 7) is 5.47. The van der Waals surface area contributed by atoms with Crippen molar-refractivity contribution in [1.29, 1.82) is 0 Å². The van der Waals surface area contributed by atoms with E-state index in [1.165, 1.54) is 17.1 Å². The molecule has 1 fully saturated rings. The van der Waals surface area contributed by atoms with Gasteiger partial charge in [-0.2, -0.15) is 4.31 Å². The van der Waals surface area contributed by atoms with Crippen LogP contribution in [-0.4, -0.2) is 57.4 Å². The maximum absolute atomic E-state index is 12.2. The average Bonchev–Trinajstić information content (AvgIpc) is 3.08. The van der Waals surface area contributed by atoms with Gasteiger partial charge in [-0.15, -0.1) is 0 Å². The smallest absolute Gasteiger partial charge is 0.214 e. The lowest BCUT2D eigenvalue weighted by Crippen LogP contribution is -2.41. The lowest BCUT2D eigenvalue weighted by Gasteiger charge is -2.25. The first-order valence-electron chi connectivity index (χ1n) is 6.69. The first kappa shape index (κ1) is 15.9. The summed E-state index contributed by atoms with van der Waals surface area (Å²) in [6.07, 6.45) is 3.15. The molecule has 0 aromatic carbocycles. The van der Waals surface area contributed by atoms with Crippen molar-refractivity contribution in [3.63, 3.8) is 0 Å². The van der Waals surface area contributed by atoms with Gasteiger partial charge < -0.3 is 10.1 Å². The first-order chi connectivity index (χ1) is 8.47. The van der Waals surface area contributed by atoms with E-state index in [4.69, 9.17) is 4.74 Å². The molecule has 0 radical (unpaired) electrons. The van der Waals surface area contributed by atoms with Gasteiger partial charge in [-0.3, -0.25) is 0 Å². The molecule has 0 saturated heterocycles. The third-order valence-corrected chi connectivity index (χ3v) is 5.16. The summed E-state index contributed by atoms with van der Waals surface area (Å²) in [7, 11) is -1.57. The molecule has 0 aromatic heterocycles. The van der Waals surface area contributed by atoms with E-state index in [0.29, 0.717) is 25.6 Å². The van der Waals surface area contributed by atoms with Gasteiger partial charge in [0.1, 0.15) is 0 Å². The molecule has 6 heteroatoms. The van der Waals surface area contributed by atoms with Crippen molar-refractivity contribution in [2.75, 3.05) is 32.6 Å². The van der Waals surface area contributed by atoms with Gasteiger partial charge in [0.2, 0.25) is 10.0 Å². The van der Waals surface area contributed by atoms with Crippen LogP contribution in [-0.2, 0) is 14.8 Å². The number of rotatable bonds is 10. The largest absolute Gasteiger partial charge is 0.383 e. The van der Waals surface area contributed by atoms with Crippen molar-refractivity contribution in [3.05, 3.63) is 0 Å². The molecule has 0 unspecified atom stereocenters. The van der Waals surface area contributed by atoms with Crippen LogP contribution in [0.1, 0.15) is 33.1 Å². The van der Waals surface area contributed by atoms with Crippen molar-refractivity contribution in [1.82, 2.24) is 9.62 Å². The summed E-state index contributed by atoms with van der Waals surface area (Å²) in [6, 6.07) is 0.629. The Morgan fingerprint density at radius 2 is 2.06 bits per heavy atom. The fourth-order valence-corrected chi connectivity index (χ4v) is 3.60. The van der Waals surface area contributed by atoms with Gasteiger partial charge in [-0.05, 0) is 39.7 Å². The molecule has 1 N–H and O–H groups in total. The monoisotopic (exact) mass is 278 g/mol. The maximum Gasteiger partial charge on any atom is 0.214 e. The lowest BCUT2D eigenvalue weighted by molar-refractivity contribution is 0.171. The molecule has 108 valence electrons. The van der Waals surface area contributed by atoms with Crippen LogP contribution in [0.5, 0.6) is 0 Å². The molecule has 0 spiro atoms. The third-order valence-electron chi connectivity index (χ3n) is 3.04. The van der Waals surface area contributed by atoms with Crippen LogP contribution >= 0.6 is 0 Å². The highest BCUT2D eigenvalue weighted by molar-refractivity contribution is 7.89. The van der Waals surface area contributed by atoms with E-state index in [1.54, 1.807) is 7.11 Å².